The number of rotatable bonds is 4. The lowest BCUT2D eigenvalue weighted by molar-refractivity contribution is 0.855. The van der Waals surface area contributed by atoms with Gasteiger partial charge >= 0.3 is 0 Å². The summed E-state index contributed by atoms with van der Waals surface area (Å²) < 4.78 is 0. The molecule has 4 N–H and O–H groups in total. The van der Waals surface area contributed by atoms with Gasteiger partial charge in [0.2, 0.25) is 0 Å². The van der Waals surface area contributed by atoms with E-state index in [9.17, 15) is 0 Å². The average Bonchev–Trinajstić information content (AvgIpc) is 2.40. The first-order chi connectivity index (χ1) is 9.06. The van der Waals surface area contributed by atoms with Crippen molar-refractivity contribution >= 4 is 22.7 Å². The third-order valence-corrected chi connectivity index (χ3v) is 3.09. The van der Waals surface area contributed by atoms with E-state index in [2.05, 4.69) is 23.9 Å². The number of nitrogen functional groups attached to an aromatic ring is 2. The van der Waals surface area contributed by atoms with E-state index in [0.29, 0.717) is 0 Å². The zero-order valence-corrected chi connectivity index (χ0v) is 11.4. The third kappa shape index (κ3) is 3.31. The van der Waals surface area contributed by atoms with Gasteiger partial charge in [-0.1, -0.05) is 0 Å². The van der Waals surface area contributed by atoms with E-state index in [-0.39, 0.29) is 0 Å². The first-order valence-electron chi connectivity index (χ1n) is 6.19. The Kier molecular flexibility index (Phi) is 3.80. The minimum atomic E-state index is 0.782. The van der Waals surface area contributed by atoms with Crippen molar-refractivity contribution in [1.29, 1.82) is 0 Å². The van der Waals surface area contributed by atoms with Crippen LogP contribution in [0.4, 0.5) is 22.7 Å². The highest BCUT2D eigenvalue weighted by molar-refractivity contribution is 5.56. The smallest absolute Gasteiger partial charge is 0.0896 e. The van der Waals surface area contributed by atoms with Gasteiger partial charge in [-0.15, -0.1) is 0 Å². The fraction of sp³-hybridized carbons (Fsp3) is 0.200. The minimum Gasteiger partial charge on any atom is -0.399 e. The maximum absolute atomic E-state index is 5.69. The Hall–Kier alpha value is -2.36. The van der Waals surface area contributed by atoms with Gasteiger partial charge in [-0.25, -0.2) is 0 Å². The molecule has 4 heteroatoms. The summed E-state index contributed by atoms with van der Waals surface area (Å²) in [5.41, 5.74) is 15.2. The summed E-state index contributed by atoms with van der Waals surface area (Å²) in [4.78, 5) is 4.32. The monoisotopic (exact) mass is 256 g/mol. The molecule has 100 valence electrons. The van der Waals surface area contributed by atoms with Crippen LogP contribution in [-0.4, -0.2) is 20.8 Å². The molecule has 0 aliphatic carbocycles. The maximum Gasteiger partial charge on any atom is 0.0896 e. The first kappa shape index (κ1) is 13.1. The summed E-state index contributed by atoms with van der Waals surface area (Å²) in [5.74, 6) is 0. The number of nitrogens with zero attached hydrogens (tertiary/aromatic N) is 2. The Morgan fingerprint density at radius 2 is 1.00 bits per heavy atom. The van der Waals surface area contributed by atoms with Gasteiger partial charge in [0.15, 0.2) is 0 Å². The molecule has 4 nitrogen and oxygen atoms in total. The van der Waals surface area contributed by atoms with Crippen molar-refractivity contribution in [2.75, 3.05) is 42.0 Å². The average molecular weight is 256 g/mol. The Bertz CT molecular complexity index is 469. The van der Waals surface area contributed by atoms with Crippen LogP contribution in [0.3, 0.4) is 0 Å². The number of benzene rings is 2. The van der Waals surface area contributed by atoms with E-state index < -0.39 is 0 Å². The second-order valence-electron chi connectivity index (χ2n) is 4.72. The Balaban J connectivity index is 2.03. The number of hydrogen-bond donors (Lipinski definition) is 2. The predicted octanol–water partition coefficient (Wildman–Crippen LogP) is 2.38. The molecular formula is C15H20N4. The molecule has 19 heavy (non-hydrogen) atoms. The van der Waals surface area contributed by atoms with E-state index in [1.54, 1.807) is 0 Å². The molecule has 0 atom stereocenters. The summed E-state index contributed by atoms with van der Waals surface area (Å²) in [6.45, 7) is 0.786. The zero-order chi connectivity index (χ0) is 13.8. The highest BCUT2D eigenvalue weighted by atomic mass is 15.3. The van der Waals surface area contributed by atoms with Gasteiger partial charge in [-0.05, 0) is 48.5 Å². The third-order valence-electron chi connectivity index (χ3n) is 3.09. The van der Waals surface area contributed by atoms with Crippen LogP contribution in [0.1, 0.15) is 0 Å². The van der Waals surface area contributed by atoms with Gasteiger partial charge < -0.3 is 21.3 Å². The van der Waals surface area contributed by atoms with E-state index >= 15 is 0 Å². The molecule has 0 aliphatic heterocycles. The molecule has 0 bridgehead atoms. The molecule has 0 unspecified atom stereocenters. The van der Waals surface area contributed by atoms with Crippen molar-refractivity contribution in [2.24, 2.45) is 0 Å². The highest BCUT2D eigenvalue weighted by Crippen LogP contribution is 2.18. The van der Waals surface area contributed by atoms with Crippen LogP contribution in [-0.2, 0) is 0 Å². The van der Waals surface area contributed by atoms with Gasteiger partial charge in [0, 0.05) is 36.8 Å². The second-order valence-corrected chi connectivity index (χ2v) is 4.72. The summed E-state index contributed by atoms with van der Waals surface area (Å²) in [5, 5.41) is 0. The van der Waals surface area contributed by atoms with Gasteiger partial charge in [-0.3, -0.25) is 0 Å². The fourth-order valence-corrected chi connectivity index (χ4v) is 1.94. The molecule has 0 saturated carbocycles. The van der Waals surface area contributed by atoms with Crippen LogP contribution in [0.25, 0.3) is 0 Å². The van der Waals surface area contributed by atoms with Gasteiger partial charge in [-0.2, -0.15) is 0 Å². The van der Waals surface area contributed by atoms with Crippen LogP contribution < -0.4 is 21.3 Å². The minimum absolute atomic E-state index is 0.782. The zero-order valence-electron chi connectivity index (χ0n) is 11.4. The normalized spacial score (nSPS) is 10.2. The molecule has 0 radical (unpaired) electrons. The van der Waals surface area contributed by atoms with Gasteiger partial charge in [0.25, 0.3) is 0 Å². The number of nitrogens with two attached hydrogens (primary N) is 2. The van der Waals surface area contributed by atoms with Gasteiger partial charge in [0.05, 0.1) is 6.67 Å². The molecule has 2 rings (SSSR count). The van der Waals surface area contributed by atoms with Crippen molar-refractivity contribution in [3.8, 4) is 0 Å². The second kappa shape index (κ2) is 5.52. The van der Waals surface area contributed by atoms with Crippen molar-refractivity contribution in [2.45, 2.75) is 0 Å². The number of anilines is 4. The summed E-state index contributed by atoms with van der Waals surface area (Å²) in [7, 11) is 4.11. The molecule has 2 aromatic rings. The standard InChI is InChI=1S/C15H20N4/c1-18(14-7-3-12(16)4-8-14)11-19(2)15-9-5-13(17)6-10-15/h3-10H,11,16-17H2,1-2H3. The topological polar surface area (TPSA) is 58.5 Å². The van der Waals surface area contributed by atoms with Crippen LogP contribution in [0.15, 0.2) is 48.5 Å². The van der Waals surface area contributed by atoms with E-state index in [4.69, 9.17) is 11.5 Å². The molecular weight excluding hydrogens is 236 g/mol. The quantitative estimate of drug-likeness (QED) is 0.651. The number of hydrogen-bond acceptors (Lipinski definition) is 4. The first-order valence-corrected chi connectivity index (χ1v) is 6.19. The summed E-state index contributed by atoms with van der Waals surface area (Å²) in [6, 6.07) is 15.7. The van der Waals surface area contributed by atoms with Crippen molar-refractivity contribution in [3.63, 3.8) is 0 Å². The lowest BCUT2D eigenvalue weighted by Gasteiger charge is -2.28. The molecule has 0 spiro atoms. The Labute approximate surface area is 114 Å². The van der Waals surface area contributed by atoms with E-state index in [1.165, 1.54) is 0 Å². The SMILES string of the molecule is CN(CN(C)c1ccc(N)cc1)c1ccc(N)cc1. The molecule has 0 aromatic heterocycles. The predicted molar refractivity (Wildman–Crippen MR) is 83.4 cm³/mol. The van der Waals surface area contributed by atoms with Crippen molar-refractivity contribution in [1.82, 2.24) is 0 Å². The largest absolute Gasteiger partial charge is 0.399 e. The van der Waals surface area contributed by atoms with Crippen molar-refractivity contribution in [3.05, 3.63) is 48.5 Å². The molecule has 0 fully saturated rings. The van der Waals surface area contributed by atoms with Crippen molar-refractivity contribution < 1.29 is 0 Å². The molecule has 0 heterocycles. The van der Waals surface area contributed by atoms with E-state index in [0.717, 1.165) is 29.4 Å². The summed E-state index contributed by atoms with van der Waals surface area (Å²) in [6.07, 6.45) is 0. The molecule has 0 saturated heterocycles. The van der Waals surface area contributed by atoms with Crippen LogP contribution in [0.5, 0.6) is 0 Å². The van der Waals surface area contributed by atoms with Gasteiger partial charge in [0.1, 0.15) is 0 Å². The lowest BCUT2D eigenvalue weighted by atomic mass is 10.2. The molecule has 0 amide bonds. The van der Waals surface area contributed by atoms with E-state index in [1.807, 2.05) is 48.5 Å². The van der Waals surface area contributed by atoms with Crippen LogP contribution in [0.2, 0.25) is 0 Å². The fourth-order valence-electron chi connectivity index (χ4n) is 1.94. The van der Waals surface area contributed by atoms with Crippen LogP contribution in [0, 0.1) is 0 Å². The Morgan fingerprint density at radius 1 is 0.684 bits per heavy atom. The molecule has 2 aromatic carbocycles. The molecule has 0 aliphatic rings. The Morgan fingerprint density at radius 3 is 1.32 bits per heavy atom. The highest BCUT2D eigenvalue weighted by Gasteiger charge is 2.05. The maximum atomic E-state index is 5.69. The summed E-state index contributed by atoms with van der Waals surface area (Å²) >= 11 is 0. The lowest BCUT2D eigenvalue weighted by Crippen LogP contribution is -2.32. The van der Waals surface area contributed by atoms with Crippen LogP contribution >= 0.6 is 0 Å².